The van der Waals surface area contributed by atoms with Crippen molar-refractivity contribution in [3.8, 4) is 0 Å². The summed E-state index contributed by atoms with van der Waals surface area (Å²) in [6.45, 7) is 6.01. The van der Waals surface area contributed by atoms with Crippen molar-refractivity contribution in [2.24, 2.45) is 0 Å². The van der Waals surface area contributed by atoms with Crippen LogP contribution in [0.3, 0.4) is 0 Å². The molecule has 3 heterocycles. The second kappa shape index (κ2) is 7.21. The molecule has 0 spiro atoms. The Balaban J connectivity index is 1.45. The van der Waals surface area contributed by atoms with E-state index in [0.29, 0.717) is 19.1 Å². The molecule has 1 saturated heterocycles. The molecule has 1 N–H and O–H groups in total. The van der Waals surface area contributed by atoms with E-state index in [0.717, 1.165) is 24.8 Å². The number of piperazine rings is 1. The maximum Gasteiger partial charge on any atom is 0.234 e. The van der Waals surface area contributed by atoms with Gasteiger partial charge in [0, 0.05) is 42.1 Å². The fourth-order valence-corrected chi connectivity index (χ4v) is 4.09. The number of nitrogens with one attached hydrogen (secondary N) is 1. The van der Waals surface area contributed by atoms with Crippen molar-refractivity contribution in [1.29, 1.82) is 0 Å². The first-order valence-corrected chi connectivity index (χ1v) is 9.16. The van der Waals surface area contributed by atoms with Crippen LogP contribution in [0.1, 0.15) is 11.8 Å². The third-order valence-corrected chi connectivity index (χ3v) is 5.47. The number of hydrogen-bond donors (Lipinski definition) is 1. The number of carbonyl (C=O) groups is 1. The molecule has 1 fully saturated rings. The van der Waals surface area contributed by atoms with Gasteiger partial charge in [-0.2, -0.15) is 0 Å². The number of hydrogen-bond acceptors (Lipinski definition) is 6. The van der Waals surface area contributed by atoms with Crippen molar-refractivity contribution in [3.05, 3.63) is 34.0 Å². The summed E-state index contributed by atoms with van der Waals surface area (Å²) in [5.41, 5.74) is 0. The summed E-state index contributed by atoms with van der Waals surface area (Å²) in [6, 6.07) is 4.43. The number of thiazole rings is 1. The number of amides is 1. The summed E-state index contributed by atoms with van der Waals surface area (Å²) in [7, 11) is 0. The molecule has 1 atom stereocenters. The van der Waals surface area contributed by atoms with Crippen LogP contribution < -0.4 is 10.2 Å². The molecule has 22 heavy (non-hydrogen) atoms. The second-order valence-corrected chi connectivity index (χ2v) is 7.35. The van der Waals surface area contributed by atoms with E-state index in [9.17, 15) is 4.79 Å². The highest BCUT2D eigenvalue weighted by molar-refractivity contribution is 7.13. The van der Waals surface area contributed by atoms with Gasteiger partial charge in [-0.25, -0.2) is 4.98 Å². The molecule has 2 aromatic heterocycles. The predicted molar refractivity (Wildman–Crippen MR) is 91.5 cm³/mol. The lowest BCUT2D eigenvalue weighted by molar-refractivity contribution is -0.122. The molecule has 1 amide bonds. The molecule has 0 saturated carbocycles. The van der Waals surface area contributed by atoms with Gasteiger partial charge in [0.25, 0.3) is 0 Å². The van der Waals surface area contributed by atoms with Gasteiger partial charge < -0.3 is 10.2 Å². The zero-order valence-corrected chi connectivity index (χ0v) is 14.2. The largest absolute Gasteiger partial charge is 0.350 e. The molecule has 0 aliphatic carbocycles. The van der Waals surface area contributed by atoms with E-state index in [1.807, 2.05) is 29.1 Å². The summed E-state index contributed by atoms with van der Waals surface area (Å²) in [4.78, 5) is 22.2. The maximum absolute atomic E-state index is 12.1. The Morgan fingerprint density at radius 2 is 2.32 bits per heavy atom. The normalized spacial score (nSPS) is 19.3. The van der Waals surface area contributed by atoms with Gasteiger partial charge in [0.05, 0.1) is 13.1 Å². The number of anilines is 1. The Labute approximate surface area is 138 Å². The highest BCUT2D eigenvalue weighted by atomic mass is 32.1. The van der Waals surface area contributed by atoms with E-state index >= 15 is 0 Å². The average molecular weight is 336 g/mol. The van der Waals surface area contributed by atoms with Crippen LogP contribution in [0.15, 0.2) is 29.1 Å². The number of aromatic nitrogens is 1. The van der Waals surface area contributed by atoms with Crippen LogP contribution in [0.5, 0.6) is 0 Å². The fourth-order valence-electron chi connectivity index (χ4n) is 2.68. The standard InChI is InChI=1S/C15H20N4OS2/c1-12-10-18(5-6-19(12)15-16-4-8-22-15)11-14(20)17-9-13-3-2-7-21-13/h2-4,7-8,12H,5-6,9-11H2,1H3,(H,17,20)/t12-/m0/s1. The molecule has 5 nitrogen and oxygen atoms in total. The van der Waals surface area contributed by atoms with Crippen LogP contribution in [0.25, 0.3) is 0 Å². The second-order valence-electron chi connectivity index (χ2n) is 5.45. The lowest BCUT2D eigenvalue weighted by Crippen LogP contribution is -2.54. The topological polar surface area (TPSA) is 48.5 Å². The molecule has 1 aliphatic rings. The Hall–Kier alpha value is -1.44. The van der Waals surface area contributed by atoms with Crippen molar-refractivity contribution in [1.82, 2.24) is 15.2 Å². The lowest BCUT2D eigenvalue weighted by atomic mass is 10.2. The molecule has 0 aromatic carbocycles. The van der Waals surface area contributed by atoms with E-state index < -0.39 is 0 Å². The summed E-state index contributed by atoms with van der Waals surface area (Å²) < 4.78 is 0. The maximum atomic E-state index is 12.1. The Bertz CT molecular complexity index is 585. The van der Waals surface area contributed by atoms with E-state index in [2.05, 4.69) is 27.0 Å². The highest BCUT2D eigenvalue weighted by Crippen LogP contribution is 2.22. The molecule has 118 valence electrons. The van der Waals surface area contributed by atoms with E-state index in [1.165, 1.54) is 4.88 Å². The molecule has 7 heteroatoms. The van der Waals surface area contributed by atoms with Gasteiger partial charge in [0.15, 0.2) is 5.13 Å². The molecule has 0 radical (unpaired) electrons. The van der Waals surface area contributed by atoms with Gasteiger partial charge in [0.1, 0.15) is 0 Å². The minimum absolute atomic E-state index is 0.100. The molecule has 2 aromatic rings. The monoisotopic (exact) mass is 336 g/mol. The van der Waals surface area contributed by atoms with Gasteiger partial charge in [-0.15, -0.1) is 22.7 Å². The lowest BCUT2D eigenvalue weighted by Gasteiger charge is -2.39. The van der Waals surface area contributed by atoms with Gasteiger partial charge in [-0.1, -0.05) is 6.07 Å². The van der Waals surface area contributed by atoms with Crippen LogP contribution in [-0.2, 0) is 11.3 Å². The van der Waals surface area contributed by atoms with Crippen molar-refractivity contribution in [2.75, 3.05) is 31.1 Å². The van der Waals surface area contributed by atoms with Crippen LogP contribution in [-0.4, -0.2) is 48.0 Å². The molecule has 3 rings (SSSR count). The van der Waals surface area contributed by atoms with Gasteiger partial charge in [-0.3, -0.25) is 9.69 Å². The summed E-state index contributed by atoms with van der Waals surface area (Å²) in [5.74, 6) is 0.100. The fraction of sp³-hybridized carbons (Fsp3) is 0.467. The van der Waals surface area contributed by atoms with Crippen LogP contribution in [0.2, 0.25) is 0 Å². The number of rotatable bonds is 5. The van der Waals surface area contributed by atoms with Crippen molar-refractivity contribution >= 4 is 33.7 Å². The molecule has 0 unspecified atom stereocenters. The Kier molecular flexibility index (Phi) is 5.07. The van der Waals surface area contributed by atoms with Crippen molar-refractivity contribution in [2.45, 2.75) is 19.5 Å². The minimum Gasteiger partial charge on any atom is -0.350 e. The quantitative estimate of drug-likeness (QED) is 0.908. The minimum atomic E-state index is 0.100. The van der Waals surface area contributed by atoms with Crippen LogP contribution in [0, 0.1) is 0 Å². The zero-order chi connectivity index (χ0) is 15.4. The first-order chi connectivity index (χ1) is 10.7. The third-order valence-electron chi connectivity index (χ3n) is 3.78. The number of thiophene rings is 1. The Morgan fingerprint density at radius 1 is 1.41 bits per heavy atom. The van der Waals surface area contributed by atoms with Gasteiger partial charge in [-0.05, 0) is 18.4 Å². The first-order valence-electron chi connectivity index (χ1n) is 7.40. The van der Waals surface area contributed by atoms with E-state index in [1.54, 1.807) is 22.7 Å². The molecular weight excluding hydrogens is 316 g/mol. The highest BCUT2D eigenvalue weighted by Gasteiger charge is 2.26. The Morgan fingerprint density at radius 3 is 3.00 bits per heavy atom. The third kappa shape index (κ3) is 3.85. The SMILES string of the molecule is C[C@H]1CN(CC(=O)NCc2cccs2)CCN1c1nccs1. The first kappa shape index (κ1) is 15.5. The van der Waals surface area contributed by atoms with E-state index in [-0.39, 0.29) is 5.91 Å². The van der Waals surface area contributed by atoms with Crippen LogP contribution >= 0.6 is 22.7 Å². The zero-order valence-electron chi connectivity index (χ0n) is 12.6. The number of carbonyl (C=O) groups excluding carboxylic acids is 1. The van der Waals surface area contributed by atoms with Gasteiger partial charge >= 0.3 is 0 Å². The smallest absolute Gasteiger partial charge is 0.234 e. The molecular formula is C15H20N4OS2. The van der Waals surface area contributed by atoms with Gasteiger partial charge in [0.2, 0.25) is 5.91 Å². The summed E-state index contributed by atoms with van der Waals surface area (Å²) in [5, 5.41) is 8.11. The van der Waals surface area contributed by atoms with Crippen LogP contribution in [0.4, 0.5) is 5.13 Å². The van der Waals surface area contributed by atoms with E-state index in [4.69, 9.17) is 0 Å². The summed E-state index contributed by atoms with van der Waals surface area (Å²) in [6.07, 6.45) is 1.84. The van der Waals surface area contributed by atoms with Crippen molar-refractivity contribution < 1.29 is 4.79 Å². The summed E-state index contributed by atoms with van der Waals surface area (Å²) >= 11 is 3.34. The average Bonchev–Trinajstić information content (AvgIpc) is 3.19. The predicted octanol–water partition coefficient (Wildman–Crippen LogP) is 2.03. The molecule has 1 aliphatic heterocycles. The molecule has 0 bridgehead atoms. The van der Waals surface area contributed by atoms with Crippen molar-refractivity contribution in [3.63, 3.8) is 0 Å². The number of nitrogens with zero attached hydrogens (tertiary/aromatic N) is 3.